The Morgan fingerprint density at radius 1 is 1.00 bits per heavy atom. The Bertz CT molecular complexity index is 190. The van der Waals surface area contributed by atoms with E-state index in [0.29, 0.717) is 5.92 Å². The SMILES string of the molecule is CCC1CCCC(C2CCCCC2O)C1. The van der Waals surface area contributed by atoms with Crippen LogP contribution in [-0.4, -0.2) is 11.2 Å². The summed E-state index contributed by atoms with van der Waals surface area (Å²) in [5.74, 6) is 2.45. The first-order chi connectivity index (χ1) is 7.31. The van der Waals surface area contributed by atoms with Crippen LogP contribution < -0.4 is 0 Å². The van der Waals surface area contributed by atoms with Gasteiger partial charge in [-0.15, -0.1) is 0 Å². The van der Waals surface area contributed by atoms with Crippen molar-refractivity contribution < 1.29 is 5.11 Å². The minimum Gasteiger partial charge on any atom is -0.393 e. The lowest BCUT2D eigenvalue weighted by Gasteiger charge is -2.38. The zero-order valence-corrected chi connectivity index (χ0v) is 10.1. The molecule has 0 amide bonds. The number of aliphatic hydroxyl groups excluding tert-OH is 1. The quantitative estimate of drug-likeness (QED) is 0.736. The van der Waals surface area contributed by atoms with Gasteiger partial charge >= 0.3 is 0 Å². The third-order valence-corrected chi connectivity index (χ3v) is 4.79. The van der Waals surface area contributed by atoms with Gasteiger partial charge in [-0.1, -0.05) is 45.4 Å². The summed E-state index contributed by atoms with van der Waals surface area (Å²) in [6.07, 6.45) is 12.0. The summed E-state index contributed by atoms with van der Waals surface area (Å²) >= 11 is 0. The standard InChI is InChI=1S/C14H26O/c1-2-11-6-5-7-12(10-11)13-8-3-4-9-14(13)15/h11-15H,2-10H2,1H3. The minimum atomic E-state index is 0.0272. The van der Waals surface area contributed by atoms with Gasteiger partial charge in [-0.2, -0.15) is 0 Å². The number of hydrogen-bond donors (Lipinski definition) is 1. The van der Waals surface area contributed by atoms with Gasteiger partial charge in [0.2, 0.25) is 0 Å². The van der Waals surface area contributed by atoms with Crippen LogP contribution in [0.5, 0.6) is 0 Å². The van der Waals surface area contributed by atoms with E-state index in [1.165, 1.54) is 51.4 Å². The van der Waals surface area contributed by atoms with Crippen LogP contribution in [0, 0.1) is 17.8 Å². The van der Waals surface area contributed by atoms with Crippen molar-refractivity contribution in [2.75, 3.05) is 0 Å². The van der Waals surface area contributed by atoms with Crippen LogP contribution in [0.25, 0.3) is 0 Å². The first-order valence-electron chi connectivity index (χ1n) is 6.99. The van der Waals surface area contributed by atoms with Gasteiger partial charge in [-0.25, -0.2) is 0 Å². The van der Waals surface area contributed by atoms with E-state index in [-0.39, 0.29) is 6.10 Å². The summed E-state index contributed by atoms with van der Waals surface area (Å²) in [5.41, 5.74) is 0. The molecule has 0 spiro atoms. The van der Waals surface area contributed by atoms with Crippen LogP contribution >= 0.6 is 0 Å². The number of rotatable bonds is 2. The van der Waals surface area contributed by atoms with Crippen molar-refractivity contribution in [3.63, 3.8) is 0 Å². The summed E-state index contributed by atoms with van der Waals surface area (Å²) in [4.78, 5) is 0. The lowest BCUT2D eigenvalue weighted by molar-refractivity contribution is 0.0178. The molecule has 0 heterocycles. The van der Waals surface area contributed by atoms with Gasteiger partial charge < -0.3 is 5.11 Å². The molecule has 0 aromatic heterocycles. The molecule has 4 unspecified atom stereocenters. The molecule has 2 rings (SSSR count). The summed E-state index contributed by atoms with van der Waals surface area (Å²) in [6, 6.07) is 0. The third-order valence-electron chi connectivity index (χ3n) is 4.79. The van der Waals surface area contributed by atoms with E-state index in [1.807, 2.05) is 0 Å². The maximum absolute atomic E-state index is 10.1. The zero-order valence-electron chi connectivity index (χ0n) is 10.1. The van der Waals surface area contributed by atoms with Crippen LogP contribution in [0.1, 0.15) is 64.7 Å². The monoisotopic (exact) mass is 210 g/mol. The van der Waals surface area contributed by atoms with Gasteiger partial charge in [0.25, 0.3) is 0 Å². The van der Waals surface area contributed by atoms with E-state index in [4.69, 9.17) is 0 Å². The molecule has 0 saturated heterocycles. The van der Waals surface area contributed by atoms with E-state index in [1.54, 1.807) is 0 Å². The van der Waals surface area contributed by atoms with E-state index >= 15 is 0 Å². The Labute approximate surface area is 94.3 Å². The van der Waals surface area contributed by atoms with Crippen molar-refractivity contribution in [1.29, 1.82) is 0 Å². The Morgan fingerprint density at radius 3 is 2.53 bits per heavy atom. The second-order valence-corrected chi connectivity index (χ2v) is 5.72. The normalized spacial score (nSPS) is 42.8. The maximum atomic E-state index is 10.1. The van der Waals surface area contributed by atoms with Crippen molar-refractivity contribution >= 4 is 0 Å². The van der Waals surface area contributed by atoms with Crippen molar-refractivity contribution in [2.45, 2.75) is 70.8 Å². The predicted octanol–water partition coefficient (Wildman–Crippen LogP) is 3.75. The van der Waals surface area contributed by atoms with Crippen LogP contribution in [0.15, 0.2) is 0 Å². The second-order valence-electron chi connectivity index (χ2n) is 5.72. The molecule has 1 nitrogen and oxygen atoms in total. The molecular weight excluding hydrogens is 184 g/mol. The molecule has 2 fully saturated rings. The Hall–Kier alpha value is -0.0400. The summed E-state index contributed by atoms with van der Waals surface area (Å²) in [5, 5.41) is 10.1. The van der Waals surface area contributed by atoms with Crippen LogP contribution in [-0.2, 0) is 0 Å². The van der Waals surface area contributed by atoms with Gasteiger partial charge in [0.05, 0.1) is 6.10 Å². The first kappa shape index (κ1) is 11.4. The molecule has 88 valence electrons. The molecule has 4 atom stereocenters. The van der Waals surface area contributed by atoms with Gasteiger partial charge in [-0.05, 0) is 37.0 Å². The van der Waals surface area contributed by atoms with E-state index in [9.17, 15) is 5.11 Å². The molecule has 0 bridgehead atoms. The molecule has 0 aromatic rings. The highest BCUT2D eigenvalue weighted by Gasteiger charge is 2.33. The average Bonchev–Trinajstić information content (AvgIpc) is 2.30. The molecule has 1 heteroatoms. The van der Waals surface area contributed by atoms with Gasteiger partial charge in [0, 0.05) is 0 Å². The molecule has 0 aromatic carbocycles. The van der Waals surface area contributed by atoms with Gasteiger partial charge in [0.15, 0.2) is 0 Å². The summed E-state index contributed by atoms with van der Waals surface area (Å²) in [7, 11) is 0. The smallest absolute Gasteiger partial charge is 0.0571 e. The Morgan fingerprint density at radius 2 is 1.80 bits per heavy atom. The average molecular weight is 210 g/mol. The molecule has 1 N–H and O–H groups in total. The summed E-state index contributed by atoms with van der Waals surface area (Å²) < 4.78 is 0. The van der Waals surface area contributed by atoms with E-state index in [0.717, 1.165) is 18.3 Å². The molecule has 0 radical (unpaired) electrons. The van der Waals surface area contributed by atoms with E-state index in [2.05, 4.69) is 6.92 Å². The lowest BCUT2D eigenvalue weighted by atomic mass is 9.69. The highest BCUT2D eigenvalue weighted by atomic mass is 16.3. The lowest BCUT2D eigenvalue weighted by Crippen LogP contribution is -2.33. The van der Waals surface area contributed by atoms with Crippen molar-refractivity contribution in [1.82, 2.24) is 0 Å². The first-order valence-corrected chi connectivity index (χ1v) is 6.99. The third kappa shape index (κ3) is 2.75. The van der Waals surface area contributed by atoms with Crippen molar-refractivity contribution in [3.8, 4) is 0 Å². The van der Waals surface area contributed by atoms with E-state index < -0.39 is 0 Å². The highest BCUT2D eigenvalue weighted by molar-refractivity contribution is 4.84. The molecule has 15 heavy (non-hydrogen) atoms. The van der Waals surface area contributed by atoms with Crippen LogP contribution in [0.3, 0.4) is 0 Å². The molecule has 0 aliphatic heterocycles. The zero-order chi connectivity index (χ0) is 10.7. The minimum absolute atomic E-state index is 0.0272. The maximum Gasteiger partial charge on any atom is 0.0571 e. The Kier molecular flexibility index (Phi) is 4.07. The fraction of sp³-hybridized carbons (Fsp3) is 1.00. The number of aliphatic hydroxyl groups is 1. The fourth-order valence-electron chi connectivity index (χ4n) is 3.78. The Balaban J connectivity index is 1.90. The van der Waals surface area contributed by atoms with Gasteiger partial charge in [-0.3, -0.25) is 0 Å². The number of hydrogen-bond acceptors (Lipinski definition) is 1. The van der Waals surface area contributed by atoms with Crippen LogP contribution in [0.4, 0.5) is 0 Å². The topological polar surface area (TPSA) is 20.2 Å². The predicted molar refractivity (Wildman–Crippen MR) is 63.7 cm³/mol. The second kappa shape index (κ2) is 5.34. The molecular formula is C14H26O. The summed E-state index contributed by atoms with van der Waals surface area (Å²) in [6.45, 7) is 2.32. The van der Waals surface area contributed by atoms with Crippen molar-refractivity contribution in [2.24, 2.45) is 17.8 Å². The molecule has 2 aliphatic rings. The molecule has 2 aliphatic carbocycles. The van der Waals surface area contributed by atoms with Gasteiger partial charge in [0.1, 0.15) is 0 Å². The van der Waals surface area contributed by atoms with Crippen LogP contribution in [0.2, 0.25) is 0 Å². The van der Waals surface area contributed by atoms with Crippen molar-refractivity contribution in [3.05, 3.63) is 0 Å². The fourth-order valence-corrected chi connectivity index (χ4v) is 3.78. The largest absolute Gasteiger partial charge is 0.393 e. The molecule has 2 saturated carbocycles. The highest BCUT2D eigenvalue weighted by Crippen LogP contribution is 2.41.